The van der Waals surface area contributed by atoms with Crippen LogP contribution in [0.4, 0.5) is 5.95 Å². The lowest BCUT2D eigenvalue weighted by atomic mass is 10.1. The van der Waals surface area contributed by atoms with Crippen LogP contribution in [0.15, 0.2) is 29.1 Å². The first kappa shape index (κ1) is 13.3. The fraction of sp³-hybridized carbons (Fsp3) is 0.154. The summed E-state index contributed by atoms with van der Waals surface area (Å²) >= 11 is 5.81. The molecular formula is C13H12ClN3O2. The molecule has 0 spiro atoms. The maximum absolute atomic E-state index is 12.0. The van der Waals surface area contributed by atoms with Crippen LogP contribution < -0.4 is 10.9 Å². The summed E-state index contributed by atoms with van der Waals surface area (Å²) < 4.78 is 0. The van der Waals surface area contributed by atoms with Crippen molar-refractivity contribution in [2.24, 2.45) is 0 Å². The fourth-order valence-electron chi connectivity index (χ4n) is 1.77. The molecule has 2 aromatic rings. The van der Waals surface area contributed by atoms with Crippen LogP contribution in [0.1, 0.15) is 12.6 Å². The van der Waals surface area contributed by atoms with Gasteiger partial charge in [-0.1, -0.05) is 23.7 Å². The minimum absolute atomic E-state index is 0.146. The molecular weight excluding hydrogens is 266 g/mol. The number of aromatic nitrogens is 2. The molecule has 0 aliphatic rings. The molecule has 19 heavy (non-hydrogen) atoms. The second-order valence-corrected chi connectivity index (χ2v) is 4.50. The van der Waals surface area contributed by atoms with Crippen molar-refractivity contribution in [3.05, 3.63) is 45.3 Å². The lowest BCUT2D eigenvalue weighted by Gasteiger charge is -2.07. The van der Waals surface area contributed by atoms with Crippen molar-refractivity contribution >= 4 is 23.5 Å². The van der Waals surface area contributed by atoms with Gasteiger partial charge in [0.25, 0.3) is 5.56 Å². The molecule has 5 nitrogen and oxygen atoms in total. The van der Waals surface area contributed by atoms with Crippen LogP contribution in [0.5, 0.6) is 0 Å². The zero-order chi connectivity index (χ0) is 14.0. The summed E-state index contributed by atoms with van der Waals surface area (Å²) in [5.41, 5.74) is 1.42. The van der Waals surface area contributed by atoms with Crippen LogP contribution in [0.2, 0.25) is 5.02 Å². The molecule has 2 N–H and O–H groups in total. The highest BCUT2D eigenvalue weighted by Crippen LogP contribution is 2.20. The van der Waals surface area contributed by atoms with E-state index in [1.807, 2.05) is 0 Å². The van der Waals surface area contributed by atoms with E-state index in [1.165, 1.54) is 6.92 Å². The molecule has 0 atom stereocenters. The zero-order valence-electron chi connectivity index (χ0n) is 10.5. The standard InChI is InChI=1S/C13H12ClN3O2/c1-7-11(9-3-5-10(14)6-4-9)12(19)17-13(15-7)16-8(2)18/h3-6H,1-2H3,(H2,15,16,17,18,19). The van der Waals surface area contributed by atoms with Crippen molar-refractivity contribution in [2.75, 3.05) is 5.32 Å². The lowest BCUT2D eigenvalue weighted by Crippen LogP contribution is -2.18. The van der Waals surface area contributed by atoms with Crippen molar-refractivity contribution in [1.29, 1.82) is 0 Å². The predicted molar refractivity (Wildman–Crippen MR) is 74.3 cm³/mol. The first-order valence-electron chi connectivity index (χ1n) is 5.62. The molecule has 1 amide bonds. The number of benzene rings is 1. The van der Waals surface area contributed by atoms with E-state index in [9.17, 15) is 9.59 Å². The number of rotatable bonds is 2. The van der Waals surface area contributed by atoms with Crippen molar-refractivity contribution < 1.29 is 4.79 Å². The highest BCUT2D eigenvalue weighted by Gasteiger charge is 2.10. The summed E-state index contributed by atoms with van der Waals surface area (Å²) in [6.45, 7) is 3.06. The third-order valence-corrected chi connectivity index (χ3v) is 2.78. The Hall–Kier alpha value is -2.14. The Morgan fingerprint density at radius 2 is 1.95 bits per heavy atom. The molecule has 2 rings (SSSR count). The number of nitrogens with zero attached hydrogens (tertiary/aromatic N) is 1. The molecule has 1 aromatic carbocycles. The summed E-state index contributed by atoms with van der Waals surface area (Å²) in [7, 11) is 0. The van der Waals surface area contributed by atoms with Gasteiger partial charge in [-0.3, -0.25) is 19.9 Å². The summed E-state index contributed by atoms with van der Waals surface area (Å²) in [6, 6.07) is 6.91. The van der Waals surface area contributed by atoms with Gasteiger partial charge in [-0.05, 0) is 24.6 Å². The molecule has 0 bridgehead atoms. The van der Waals surface area contributed by atoms with Crippen molar-refractivity contribution in [1.82, 2.24) is 9.97 Å². The van der Waals surface area contributed by atoms with Crippen LogP contribution in [-0.4, -0.2) is 15.9 Å². The number of hydrogen-bond acceptors (Lipinski definition) is 3. The van der Waals surface area contributed by atoms with Crippen molar-refractivity contribution in [3.8, 4) is 11.1 Å². The largest absolute Gasteiger partial charge is 0.296 e. The molecule has 0 saturated heterocycles. The Kier molecular flexibility index (Phi) is 3.66. The molecule has 0 fully saturated rings. The number of aryl methyl sites for hydroxylation is 1. The number of carbonyl (C=O) groups is 1. The molecule has 0 radical (unpaired) electrons. The average molecular weight is 278 g/mol. The Morgan fingerprint density at radius 1 is 1.32 bits per heavy atom. The van der Waals surface area contributed by atoms with E-state index in [2.05, 4.69) is 15.3 Å². The maximum Gasteiger partial charge on any atom is 0.260 e. The van der Waals surface area contributed by atoms with E-state index in [4.69, 9.17) is 11.6 Å². The number of hydrogen-bond donors (Lipinski definition) is 2. The van der Waals surface area contributed by atoms with E-state index in [1.54, 1.807) is 31.2 Å². The number of carbonyl (C=O) groups excluding carboxylic acids is 1. The second kappa shape index (κ2) is 5.24. The van der Waals surface area contributed by atoms with Gasteiger partial charge in [0.2, 0.25) is 11.9 Å². The van der Waals surface area contributed by atoms with E-state index in [0.717, 1.165) is 5.56 Å². The van der Waals surface area contributed by atoms with Gasteiger partial charge in [0, 0.05) is 11.9 Å². The molecule has 1 heterocycles. The highest BCUT2D eigenvalue weighted by atomic mass is 35.5. The molecule has 0 unspecified atom stereocenters. The van der Waals surface area contributed by atoms with Gasteiger partial charge >= 0.3 is 0 Å². The third kappa shape index (κ3) is 3.00. The second-order valence-electron chi connectivity index (χ2n) is 4.06. The Labute approximate surface area is 114 Å². The quantitative estimate of drug-likeness (QED) is 0.885. The summed E-state index contributed by atoms with van der Waals surface area (Å²) in [5.74, 6) is -0.144. The molecule has 0 aliphatic carbocycles. The van der Waals surface area contributed by atoms with Gasteiger partial charge in [0.15, 0.2) is 0 Å². The number of H-pyrrole nitrogens is 1. The molecule has 0 aliphatic heterocycles. The summed E-state index contributed by atoms with van der Waals surface area (Å²) in [5, 5.41) is 3.05. The normalized spacial score (nSPS) is 10.3. The van der Waals surface area contributed by atoms with E-state index in [0.29, 0.717) is 16.3 Å². The number of amides is 1. The lowest BCUT2D eigenvalue weighted by molar-refractivity contribution is -0.114. The Bertz CT molecular complexity index is 677. The third-order valence-electron chi connectivity index (χ3n) is 2.53. The van der Waals surface area contributed by atoms with E-state index in [-0.39, 0.29) is 17.4 Å². The average Bonchev–Trinajstić information content (AvgIpc) is 2.29. The summed E-state index contributed by atoms with van der Waals surface area (Å²) in [6.07, 6.45) is 0. The predicted octanol–water partition coefficient (Wildman–Crippen LogP) is 2.36. The Balaban J connectivity index is 2.50. The van der Waals surface area contributed by atoms with Crippen LogP contribution in [0.3, 0.4) is 0 Å². The SMILES string of the molecule is CC(=O)Nc1nc(C)c(-c2ccc(Cl)cc2)c(=O)[nH]1. The smallest absolute Gasteiger partial charge is 0.260 e. The Morgan fingerprint density at radius 3 is 2.47 bits per heavy atom. The van der Waals surface area contributed by atoms with Gasteiger partial charge in [0.05, 0.1) is 11.3 Å². The topological polar surface area (TPSA) is 74.8 Å². The van der Waals surface area contributed by atoms with Crippen LogP contribution in [-0.2, 0) is 4.79 Å². The van der Waals surface area contributed by atoms with E-state index >= 15 is 0 Å². The number of aromatic amines is 1. The molecule has 0 saturated carbocycles. The zero-order valence-corrected chi connectivity index (χ0v) is 11.2. The number of nitrogens with one attached hydrogen (secondary N) is 2. The number of halogens is 1. The molecule has 6 heteroatoms. The van der Waals surface area contributed by atoms with Crippen LogP contribution in [0.25, 0.3) is 11.1 Å². The molecule has 1 aromatic heterocycles. The van der Waals surface area contributed by atoms with Gasteiger partial charge in [-0.2, -0.15) is 0 Å². The molecule has 98 valence electrons. The monoisotopic (exact) mass is 277 g/mol. The van der Waals surface area contributed by atoms with Crippen LogP contribution >= 0.6 is 11.6 Å². The van der Waals surface area contributed by atoms with Gasteiger partial charge in [-0.25, -0.2) is 4.98 Å². The van der Waals surface area contributed by atoms with Gasteiger partial charge in [0.1, 0.15) is 0 Å². The van der Waals surface area contributed by atoms with Crippen LogP contribution in [0, 0.1) is 6.92 Å². The summed E-state index contributed by atoms with van der Waals surface area (Å²) in [4.78, 5) is 29.7. The minimum atomic E-state index is -0.307. The highest BCUT2D eigenvalue weighted by molar-refractivity contribution is 6.30. The van der Waals surface area contributed by atoms with Crippen molar-refractivity contribution in [2.45, 2.75) is 13.8 Å². The van der Waals surface area contributed by atoms with E-state index < -0.39 is 0 Å². The van der Waals surface area contributed by atoms with Gasteiger partial charge in [-0.15, -0.1) is 0 Å². The first-order chi connectivity index (χ1) is 8.97. The number of anilines is 1. The minimum Gasteiger partial charge on any atom is -0.296 e. The first-order valence-corrected chi connectivity index (χ1v) is 5.99. The maximum atomic E-state index is 12.0. The fourth-order valence-corrected chi connectivity index (χ4v) is 1.89. The van der Waals surface area contributed by atoms with Gasteiger partial charge < -0.3 is 0 Å². The van der Waals surface area contributed by atoms with Crippen molar-refractivity contribution in [3.63, 3.8) is 0 Å².